The van der Waals surface area contributed by atoms with Crippen LogP contribution in [0.2, 0.25) is 0 Å². The van der Waals surface area contributed by atoms with Crippen LogP contribution >= 0.6 is 0 Å². The summed E-state index contributed by atoms with van der Waals surface area (Å²) < 4.78 is 15.1. The first-order chi connectivity index (χ1) is 14.0. The molecule has 8 nitrogen and oxygen atoms in total. The molecule has 0 amide bonds. The zero-order valence-corrected chi connectivity index (χ0v) is 16.2. The van der Waals surface area contributed by atoms with Gasteiger partial charge >= 0.3 is 11.9 Å². The normalized spacial score (nSPS) is 17.9. The summed E-state index contributed by atoms with van der Waals surface area (Å²) in [4.78, 5) is 25.2. The Labute approximate surface area is 167 Å². The van der Waals surface area contributed by atoms with Gasteiger partial charge in [0.15, 0.2) is 6.04 Å². The Morgan fingerprint density at radius 2 is 1.59 bits per heavy atom. The second kappa shape index (κ2) is 8.44. The fourth-order valence-corrected chi connectivity index (χ4v) is 3.16. The van der Waals surface area contributed by atoms with Gasteiger partial charge in [-0.15, -0.1) is 0 Å². The molecule has 0 fully saturated rings. The Kier molecular flexibility index (Phi) is 5.79. The molecule has 0 unspecified atom stereocenters. The number of nitriles is 1. The highest BCUT2D eigenvalue weighted by molar-refractivity contribution is 6.17. The molecule has 0 spiro atoms. The van der Waals surface area contributed by atoms with Gasteiger partial charge in [0, 0.05) is 0 Å². The quantitative estimate of drug-likeness (QED) is 0.717. The zero-order valence-electron chi connectivity index (χ0n) is 16.2. The SMILES string of the molecule is COC(=O)[C@H]1C(c2ccc(C#N)cc2)=NN(c2ccc(OC)cc2)[C@@H]1C(=O)OC. The van der Waals surface area contributed by atoms with Crippen molar-refractivity contribution in [1.29, 1.82) is 5.26 Å². The Hall–Kier alpha value is -3.86. The van der Waals surface area contributed by atoms with E-state index in [9.17, 15) is 9.59 Å². The maximum atomic E-state index is 12.6. The number of hydrogen-bond donors (Lipinski definition) is 0. The van der Waals surface area contributed by atoms with Crippen molar-refractivity contribution in [3.8, 4) is 11.8 Å². The zero-order chi connectivity index (χ0) is 21.0. The lowest BCUT2D eigenvalue weighted by atomic mass is 9.90. The number of nitrogens with zero attached hydrogens (tertiary/aromatic N) is 3. The highest BCUT2D eigenvalue weighted by Crippen LogP contribution is 2.33. The fourth-order valence-electron chi connectivity index (χ4n) is 3.16. The molecule has 0 radical (unpaired) electrons. The van der Waals surface area contributed by atoms with Gasteiger partial charge < -0.3 is 14.2 Å². The van der Waals surface area contributed by atoms with Gasteiger partial charge in [-0.05, 0) is 42.0 Å². The van der Waals surface area contributed by atoms with E-state index in [0.717, 1.165) is 0 Å². The second-order valence-electron chi connectivity index (χ2n) is 6.19. The van der Waals surface area contributed by atoms with Crippen LogP contribution in [0.5, 0.6) is 5.75 Å². The lowest BCUT2D eigenvalue weighted by molar-refractivity contribution is -0.150. The minimum Gasteiger partial charge on any atom is -0.497 e. The number of hydrazone groups is 1. The van der Waals surface area contributed by atoms with Gasteiger partial charge in [-0.2, -0.15) is 10.4 Å². The highest BCUT2D eigenvalue weighted by Gasteiger charge is 2.49. The molecule has 2 aromatic rings. The van der Waals surface area contributed by atoms with E-state index in [1.165, 1.54) is 19.2 Å². The summed E-state index contributed by atoms with van der Waals surface area (Å²) >= 11 is 0. The van der Waals surface area contributed by atoms with Crippen LogP contribution in [-0.4, -0.2) is 45.0 Å². The van der Waals surface area contributed by atoms with Gasteiger partial charge in [0.25, 0.3) is 0 Å². The third kappa shape index (κ3) is 3.75. The smallest absolute Gasteiger partial charge is 0.332 e. The first-order valence-electron chi connectivity index (χ1n) is 8.72. The summed E-state index contributed by atoms with van der Waals surface area (Å²) in [6, 6.07) is 14.5. The number of anilines is 1. The van der Waals surface area contributed by atoms with E-state index >= 15 is 0 Å². The van der Waals surface area contributed by atoms with Gasteiger partial charge in [0.2, 0.25) is 0 Å². The van der Waals surface area contributed by atoms with Gasteiger partial charge in [0.05, 0.1) is 44.4 Å². The lowest BCUT2D eigenvalue weighted by Gasteiger charge is -2.24. The highest BCUT2D eigenvalue weighted by atomic mass is 16.5. The molecule has 1 aliphatic heterocycles. The summed E-state index contributed by atoms with van der Waals surface area (Å²) in [7, 11) is 4.06. The average Bonchev–Trinajstić information content (AvgIpc) is 3.18. The first kappa shape index (κ1) is 19.9. The van der Waals surface area contributed by atoms with Crippen molar-refractivity contribution < 1.29 is 23.8 Å². The Morgan fingerprint density at radius 1 is 0.966 bits per heavy atom. The molecule has 8 heteroatoms. The monoisotopic (exact) mass is 393 g/mol. The number of benzene rings is 2. The van der Waals surface area contributed by atoms with Crippen LogP contribution in [0.25, 0.3) is 0 Å². The molecule has 29 heavy (non-hydrogen) atoms. The number of rotatable bonds is 5. The van der Waals surface area contributed by atoms with Gasteiger partial charge in [0.1, 0.15) is 11.7 Å². The average molecular weight is 393 g/mol. The topological polar surface area (TPSA) is 101 Å². The lowest BCUT2D eigenvalue weighted by Crippen LogP contribution is -2.45. The van der Waals surface area contributed by atoms with Crippen molar-refractivity contribution in [2.24, 2.45) is 11.0 Å². The minimum absolute atomic E-state index is 0.354. The molecule has 148 valence electrons. The molecule has 1 aliphatic rings. The number of carbonyl (C=O) groups excluding carboxylic acids is 2. The summed E-state index contributed by atoms with van der Waals surface area (Å²) in [5, 5.41) is 15.0. The van der Waals surface area contributed by atoms with Crippen molar-refractivity contribution in [2.75, 3.05) is 26.3 Å². The van der Waals surface area contributed by atoms with E-state index in [-0.39, 0.29) is 0 Å². The standard InChI is InChI=1S/C21H19N3O5/c1-27-16-10-8-15(9-11-16)24-19(21(26)29-3)17(20(25)28-2)18(23-24)14-6-4-13(12-22)5-7-14/h4-11,17,19H,1-3H3/t17-,19-/m0/s1. The number of ether oxygens (including phenoxy) is 3. The Morgan fingerprint density at radius 3 is 2.10 bits per heavy atom. The molecule has 1 heterocycles. The predicted molar refractivity (Wildman–Crippen MR) is 104 cm³/mol. The molecule has 3 rings (SSSR count). The minimum atomic E-state index is -1.04. The first-order valence-corrected chi connectivity index (χ1v) is 8.72. The fraction of sp³-hybridized carbons (Fsp3) is 0.238. The van der Waals surface area contributed by atoms with Crippen LogP contribution < -0.4 is 9.75 Å². The maximum Gasteiger partial charge on any atom is 0.332 e. The van der Waals surface area contributed by atoms with Crippen LogP contribution in [0, 0.1) is 17.2 Å². The van der Waals surface area contributed by atoms with Crippen molar-refractivity contribution >= 4 is 23.3 Å². The van der Waals surface area contributed by atoms with Crippen LogP contribution in [-0.2, 0) is 19.1 Å². The summed E-state index contributed by atoms with van der Waals surface area (Å²) in [6.07, 6.45) is 0. The number of methoxy groups -OCH3 is 3. The Bertz CT molecular complexity index is 977. The molecule has 0 N–H and O–H groups in total. The predicted octanol–water partition coefficient (Wildman–Crippen LogP) is 2.12. The van der Waals surface area contributed by atoms with Crippen molar-refractivity contribution in [2.45, 2.75) is 6.04 Å². The molecule has 0 bridgehead atoms. The van der Waals surface area contributed by atoms with Gasteiger partial charge in [-0.3, -0.25) is 4.79 Å². The van der Waals surface area contributed by atoms with E-state index in [1.54, 1.807) is 55.6 Å². The maximum absolute atomic E-state index is 12.6. The van der Waals surface area contributed by atoms with E-state index in [2.05, 4.69) is 5.10 Å². The molecule has 0 saturated heterocycles. The van der Waals surface area contributed by atoms with Crippen LogP contribution in [0.15, 0.2) is 53.6 Å². The van der Waals surface area contributed by atoms with Crippen molar-refractivity contribution in [1.82, 2.24) is 0 Å². The summed E-state index contributed by atoms with van der Waals surface area (Å²) in [6.45, 7) is 0. The molecule has 0 aromatic heterocycles. The summed E-state index contributed by atoms with van der Waals surface area (Å²) in [5.41, 5.74) is 2.01. The third-order valence-electron chi connectivity index (χ3n) is 4.63. The third-order valence-corrected chi connectivity index (χ3v) is 4.63. The van der Waals surface area contributed by atoms with Crippen molar-refractivity contribution in [3.63, 3.8) is 0 Å². The van der Waals surface area contributed by atoms with E-state index in [4.69, 9.17) is 19.5 Å². The van der Waals surface area contributed by atoms with E-state index < -0.39 is 23.9 Å². The van der Waals surface area contributed by atoms with E-state index in [1.807, 2.05) is 6.07 Å². The second-order valence-corrected chi connectivity index (χ2v) is 6.19. The van der Waals surface area contributed by atoms with Gasteiger partial charge in [-0.25, -0.2) is 9.80 Å². The van der Waals surface area contributed by atoms with Crippen LogP contribution in [0.3, 0.4) is 0 Å². The molecule has 0 saturated carbocycles. The Balaban J connectivity index is 2.12. The van der Waals surface area contributed by atoms with Gasteiger partial charge in [-0.1, -0.05) is 12.1 Å². The van der Waals surface area contributed by atoms with Crippen LogP contribution in [0.1, 0.15) is 11.1 Å². The summed E-state index contributed by atoms with van der Waals surface area (Å²) in [5.74, 6) is -1.59. The molecular weight excluding hydrogens is 374 g/mol. The molecule has 0 aliphatic carbocycles. The molecular formula is C21H19N3O5. The molecule has 2 atom stereocenters. The molecule has 2 aromatic carbocycles. The van der Waals surface area contributed by atoms with Crippen molar-refractivity contribution in [3.05, 3.63) is 59.7 Å². The largest absolute Gasteiger partial charge is 0.497 e. The number of hydrogen-bond acceptors (Lipinski definition) is 8. The number of esters is 2. The van der Waals surface area contributed by atoms with E-state index in [0.29, 0.717) is 28.3 Å². The number of carbonyl (C=O) groups is 2. The van der Waals surface area contributed by atoms with Crippen LogP contribution in [0.4, 0.5) is 5.69 Å².